The number of esters is 1. The molecule has 0 aromatic rings. The lowest BCUT2D eigenvalue weighted by Gasteiger charge is -2.00. The summed E-state index contributed by atoms with van der Waals surface area (Å²) in [6, 6.07) is 0. The van der Waals surface area contributed by atoms with Crippen LogP contribution in [0.1, 0.15) is 6.92 Å². The normalized spacial score (nSPS) is 13.8. The molecule has 0 spiro atoms. The van der Waals surface area contributed by atoms with E-state index >= 15 is 0 Å². The summed E-state index contributed by atoms with van der Waals surface area (Å²) in [4.78, 5) is 10.8. The Morgan fingerprint density at radius 3 is 2.42 bits per heavy atom. The van der Waals surface area contributed by atoms with E-state index in [0.29, 0.717) is 0 Å². The lowest BCUT2D eigenvalue weighted by atomic mass is 10.7. The summed E-state index contributed by atoms with van der Waals surface area (Å²) in [6.07, 6.45) is 0. The fourth-order valence-corrected chi connectivity index (χ4v) is 1.40. The molecule has 0 heterocycles. The second kappa shape index (κ2) is 6.06. The number of hydrogen-bond donors (Lipinski definition) is 0. The van der Waals surface area contributed by atoms with Gasteiger partial charge in [0.1, 0.15) is 0 Å². The summed E-state index contributed by atoms with van der Waals surface area (Å²) in [5.41, 5.74) is 0. The van der Waals surface area contributed by atoms with Crippen LogP contribution in [0.2, 0.25) is 0 Å². The van der Waals surface area contributed by atoms with Crippen molar-refractivity contribution in [1.82, 2.24) is 0 Å². The number of methoxy groups -OCH3 is 2. The largest absolute Gasteiger partial charge is 0.553 e. The zero-order chi connectivity index (χ0) is 9.56. The van der Waals surface area contributed by atoms with E-state index in [1.165, 1.54) is 14.2 Å². The van der Waals surface area contributed by atoms with E-state index in [-0.39, 0.29) is 6.61 Å². The van der Waals surface area contributed by atoms with Gasteiger partial charge in [-0.3, -0.25) is 0 Å². The molecular weight excluding hydrogens is 183 g/mol. The summed E-state index contributed by atoms with van der Waals surface area (Å²) < 4.78 is 24.8. The van der Waals surface area contributed by atoms with E-state index in [1.807, 2.05) is 0 Å². The maximum atomic E-state index is 11.1. The predicted octanol–water partition coefficient (Wildman–Crippen LogP) is 0.911. The molecule has 2 unspecified atom stereocenters. The first-order chi connectivity index (χ1) is 5.67. The SMILES string of the molecule is CCO[P+](=O)C(OC)C(=O)OC. The quantitative estimate of drug-likeness (QED) is 0.482. The lowest BCUT2D eigenvalue weighted by molar-refractivity contribution is -0.147. The first-order valence-corrected chi connectivity index (χ1v) is 4.61. The molecule has 0 aliphatic carbocycles. The van der Waals surface area contributed by atoms with E-state index in [0.717, 1.165) is 0 Å². The summed E-state index contributed by atoms with van der Waals surface area (Å²) in [7, 11) is 0.333. The minimum absolute atomic E-state index is 0.270. The highest BCUT2D eigenvalue weighted by Crippen LogP contribution is 2.30. The highest BCUT2D eigenvalue weighted by molar-refractivity contribution is 7.41. The van der Waals surface area contributed by atoms with E-state index in [1.54, 1.807) is 6.92 Å². The zero-order valence-corrected chi connectivity index (χ0v) is 8.17. The lowest BCUT2D eigenvalue weighted by Crippen LogP contribution is -2.21. The number of carbonyl (C=O) groups is 1. The van der Waals surface area contributed by atoms with Crippen LogP contribution in [-0.2, 0) is 23.4 Å². The zero-order valence-electron chi connectivity index (χ0n) is 7.27. The molecule has 0 N–H and O–H groups in total. The third-order valence-electron chi connectivity index (χ3n) is 1.07. The van der Waals surface area contributed by atoms with Crippen LogP contribution in [0, 0.1) is 0 Å². The Bertz CT molecular complexity index is 169. The van der Waals surface area contributed by atoms with Gasteiger partial charge in [0.05, 0.1) is 13.7 Å². The number of ether oxygens (including phenoxy) is 2. The Labute approximate surface area is 71.9 Å². The van der Waals surface area contributed by atoms with Gasteiger partial charge in [-0.25, -0.2) is 4.79 Å². The molecule has 0 aromatic carbocycles. The van der Waals surface area contributed by atoms with Gasteiger partial charge in [0.25, 0.3) is 0 Å². The van der Waals surface area contributed by atoms with Crippen LogP contribution in [0.3, 0.4) is 0 Å². The van der Waals surface area contributed by atoms with Gasteiger partial charge in [-0.1, -0.05) is 0 Å². The smallest absolute Gasteiger partial charge is 0.464 e. The van der Waals surface area contributed by atoms with Crippen molar-refractivity contribution in [3.8, 4) is 0 Å². The Kier molecular flexibility index (Phi) is 5.80. The molecule has 0 saturated heterocycles. The molecule has 0 rings (SSSR count). The molecule has 70 valence electrons. The van der Waals surface area contributed by atoms with Crippen molar-refractivity contribution in [1.29, 1.82) is 0 Å². The molecule has 12 heavy (non-hydrogen) atoms. The maximum Gasteiger partial charge on any atom is 0.553 e. The molecule has 0 radical (unpaired) electrons. The minimum Gasteiger partial charge on any atom is -0.464 e. The molecule has 0 saturated carbocycles. The monoisotopic (exact) mass is 195 g/mol. The predicted molar refractivity (Wildman–Crippen MR) is 42.0 cm³/mol. The molecule has 0 aromatic heterocycles. The topological polar surface area (TPSA) is 61.8 Å². The van der Waals surface area contributed by atoms with Crippen LogP contribution in [-0.4, -0.2) is 32.6 Å². The van der Waals surface area contributed by atoms with Crippen molar-refractivity contribution in [3.63, 3.8) is 0 Å². The summed E-state index contributed by atoms with van der Waals surface area (Å²) in [5.74, 6) is -1.81. The van der Waals surface area contributed by atoms with Crippen LogP contribution in [0.5, 0.6) is 0 Å². The number of carbonyl (C=O) groups excluding carboxylic acids is 1. The Balaban J connectivity index is 4.14. The summed E-state index contributed by atoms with van der Waals surface area (Å²) in [6.45, 7) is 1.95. The van der Waals surface area contributed by atoms with Crippen molar-refractivity contribution in [2.45, 2.75) is 12.8 Å². The van der Waals surface area contributed by atoms with Crippen molar-refractivity contribution >= 4 is 14.0 Å². The standard InChI is InChI=1S/C6H12O5P/c1-4-11-12(8)6(10-3)5(7)9-2/h6H,4H2,1-3H3/q+1. The van der Waals surface area contributed by atoms with Crippen LogP contribution >= 0.6 is 8.03 Å². The molecule has 0 aliphatic rings. The van der Waals surface area contributed by atoms with Crippen molar-refractivity contribution in [3.05, 3.63) is 0 Å². The molecule has 0 bridgehead atoms. The van der Waals surface area contributed by atoms with E-state index in [4.69, 9.17) is 4.52 Å². The van der Waals surface area contributed by atoms with Gasteiger partial charge in [-0.2, -0.15) is 0 Å². The van der Waals surface area contributed by atoms with Gasteiger partial charge in [0.15, 0.2) is 0 Å². The molecule has 5 nitrogen and oxygen atoms in total. The minimum atomic E-state index is -2.14. The molecule has 0 aliphatic heterocycles. The van der Waals surface area contributed by atoms with Gasteiger partial charge < -0.3 is 9.47 Å². The van der Waals surface area contributed by atoms with E-state index < -0.39 is 19.8 Å². The maximum absolute atomic E-state index is 11.1. The fraction of sp³-hybridized carbons (Fsp3) is 0.833. The number of hydrogen-bond acceptors (Lipinski definition) is 5. The Morgan fingerprint density at radius 1 is 1.50 bits per heavy atom. The highest BCUT2D eigenvalue weighted by Gasteiger charge is 2.40. The third kappa shape index (κ3) is 3.26. The summed E-state index contributed by atoms with van der Waals surface area (Å²) >= 11 is 0. The van der Waals surface area contributed by atoms with Gasteiger partial charge in [0.2, 0.25) is 0 Å². The van der Waals surface area contributed by atoms with Gasteiger partial charge in [-0.15, -0.1) is 4.52 Å². The Hall–Kier alpha value is -0.510. The molecule has 2 atom stereocenters. The van der Waals surface area contributed by atoms with Crippen LogP contribution in [0.4, 0.5) is 0 Å². The fourth-order valence-electron chi connectivity index (χ4n) is 0.564. The third-order valence-corrected chi connectivity index (χ3v) is 2.39. The molecular formula is C6H12O5P+. The molecule has 0 amide bonds. The van der Waals surface area contributed by atoms with Gasteiger partial charge >= 0.3 is 19.8 Å². The average molecular weight is 195 g/mol. The Morgan fingerprint density at radius 2 is 2.08 bits per heavy atom. The number of rotatable bonds is 5. The second-order valence-corrected chi connectivity index (χ2v) is 3.11. The van der Waals surface area contributed by atoms with Crippen LogP contribution in [0.15, 0.2) is 0 Å². The van der Waals surface area contributed by atoms with Crippen LogP contribution in [0.25, 0.3) is 0 Å². The van der Waals surface area contributed by atoms with Gasteiger partial charge in [-0.05, 0) is 11.5 Å². The average Bonchev–Trinajstić information content (AvgIpc) is 2.06. The van der Waals surface area contributed by atoms with E-state index in [9.17, 15) is 9.36 Å². The van der Waals surface area contributed by atoms with Crippen molar-refractivity contribution < 1.29 is 23.4 Å². The second-order valence-electron chi connectivity index (χ2n) is 1.81. The van der Waals surface area contributed by atoms with Gasteiger partial charge in [0, 0.05) is 7.11 Å². The van der Waals surface area contributed by atoms with Crippen LogP contribution < -0.4 is 0 Å². The van der Waals surface area contributed by atoms with Crippen molar-refractivity contribution in [2.24, 2.45) is 0 Å². The van der Waals surface area contributed by atoms with Crippen molar-refractivity contribution in [2.75, 3.05) is 20.8 Å². The first kappa shape index (κ1) is 11.5. The summed E-state index contributed by atoms with van der Waals surface area (Å²) in [5, 5.41) is 0. The first-order valence-electron chi connectivity index (χ1n) is 3.37. The van der Waals surface area contributed by atoms with E-state index in [2.05, 4.69) is 9.47 Å². The molecule has 0 fully saturated rings. The molecule has 6 heteroatoms. The highest BCUT2D eigenvalue weighted by atomic mass is 31.1.